The van der Waals surface area contributed by atoms with Crippen LogP contribution in [0.1, 0.15) is 46.5 Å². The van der Waals surface area contributed by atoms with Crippen LogP contribution in [0.3, 0.4) is 0 Å². The third kappa shape index (κ3) is 6.69. The van der Waals surface area contributed by atoms with Crippen molar-refractivity contribution in [3.8, 4) is 6.07 Å². The first-order valence-electron chi connectivity index (χ1n) is 11.8. The molecule has 2 amide bonds. The Kier molecular flexibility index (Phi) is 8.29. The minimum absolute atomic E-state index is 0.138. The Balaban J connectivity index is 1.64. The molecule has 1 aliphatic rings. The minimum atomic E-state index is -0.968. The van der Waals surface area contributed by atoms with E-state index in [1.54, 1.807) is 6.07 Å². The molecule has 1 saturated heterocycles. The molecule has 1 fully saturated rings. The van der Waals surface area contributed by atoms with Gasteiger partial charge in [0.15, 0.2) is 6.10 Å². The topological polar surface area (TPSA) is 94.5 Å². The monoisotopic (exact) mass is 450 g/mol. The maximum Gasteiger partial charge on any atom is 0.412 e. The smallest absolute Gasteiger partial charge is 0.412 e. The fourth-order valence-corrected chi connectivity index (χ4v) is 4.24. The summed E-state index contributed by atoms with van der Waals surface area (Å²) in [6.45, 7) is 8.58. The Morgan fingerprint density at radius 2 is 1.85 bits per heavy atom. The van der Waals surface area contributed by atoms with Crippen molar-refractivity contribution >= 4 is 28.5 Å². The van der Waals surface area contributed by atoms with Crippen molar-refractivity contribution in [3.05, 3.63) is 42.5 Å². The lowest BCUT2D eigenvalue weighted by atomic mass is 9.88. The van der Waals surface area contributed by atoms with Gasteiger partial charge in [-0.3, -0.25) is 10.1 Å². The quantitative estimate of drug-likeness (QED) is 0.609. The van der Waals surface area contributed by atoms with Gasteiger partial charge >= 0.3 is 6.09 Å². The van der Waals surface area contributed by atoms with Crippen LogP contribution in [0.5, 0.6) is 0 Å². The van der Waals surface area contributed by atoms with E-state index in [4.69, 9.17) is 4.74 Å². The van der Waals surface area contributed by atoms with Crippen LogP contribution in [-0.4, -0.2) is 48.2 Å². The molecule has 0 radical (unpaired) electrons. The third-order valence-electron chi connectivity index (χ3n) is 6.05. The summed E-state index contributed by atoms with van der Waals surface area (Å²) in [5.74, 6) is -0.276. The molecule has 3 rings (SSSR count). The van der Waals surface area contributed by atoms with E-state index in [0.717, 1.165) is 36.8 Å². The summed E-state index contributed by atoms with van der Waals surface area (Å²) in [5, 5.41) is 17.5. The molecule has 33 heavy (non-hydrogen) atoms. The summed E-state index contributed by atoms with van der Waals surface area (Å²) in [6, 6.07) is 15.8. The second kappa shape index (κ2) is 11.2. The van der Waals surface area contributed by atoms with Crippen LogP contribution in [0, 0.1) is 17.2 Å². The zero-order valence-corrected chi connectivity index (χ0v) is 19.8. The fourth-order valence-electron chi connectivity index (χ4n) is 4.24. The number of amides is 2. The molecule has 1 aliphatic heterocycles. The molecule has 1 heterocycles. The second-order valence-corrected chi connectivity index (χ2v) is 9.24. The van der Waals surface area contributed by atoms with Crippen molar-refractivity contribution in [3.63, 3.8) is 0 Å². The number of nitrogens with zero attached hydrogens (tertiary/aromatic N) is 2. The number of nitriles is 1. The summed E-state index contributed by atoms with van der Waals surface area (Å²) in [5.41, 5.74) is -0.325. The number of ether oxygens (including phenoxy) is 1. The molecule has 0 bridgehead atoms. The molecule has 7 nitrogen and oxygen atoms in total. The number of hydrogen-bond donors (Lipinski definition) is 2. The predicted molar refractivity (Wildman–Crippen MR) is 130 cm³/mol. The van der Waals surface area contributed by atoms with Crippen LogP contribution in [-0.2, 0) is 9.53 Å². The number of likely N-dealkylation sites (tertiary alicyclic amines) is 1. The van der Waals surface area contributed by atoms with E-state index >= 15 is 0 Å². The lowest BCUT2D eigenvalue weighted by molar-refractivity contribution is -0.132. The summed E-state index contributed by atoms with van der Waals surface area (Å²) >= 11 is 0. The van der Waals surface area contributed by atoms with Crippen molar-refractivity contribution in [1.29, 1.82) is 5.26 Å². The van der Waals surface area contributed by atoms with Crippen LogP contribution in [0.4, 0.5) is 10.5 Å². The van der Waals surface area contributed by atoms with Crippen molar-refractivity contribution in [1.82, 2.24) is 10.2 Å². The number of hydrogen-bond acceptors (Lipinski definition) is 5. The zero-order chi connectivity index (χ0) is 23.8. The van der Waals surface area contributed by atoms with Gasteiger partial charge in [0.1, 0.15) is 5.54 Å². The minimum Gasteiger partial charge on any atom is -0.436 e. The first-order valence-corrected chi connectivity index (χ1v) is 11.8. The van der Waals surface area contributed by atoms with E-state index in [0.29, 0.717) is 24.9 Å². The molecule has 0 aromatic heterocycles. The number of benzene rings is 2. The number of piperidine rings is 1. The number of carbonyl (C=O) groups is 2. The average molecular weight is 451 g/mol. The van der Waals surface area contributed by atoms with Crippen molar-refractivity contribution in [2.45, 2.75) is 58.1 Å². The van der Waals surface area contributed by atoms with E-state index in [2.05, 4.69) is 28.5 Å². The van der Waals surface area contributed by atoms with Gasteiger partial charge in [-0.15, -0.1) is 0 Å². The van der Waals surface area contributed by atoms with Crippen LogP contribution >= 0.6 is 0 Å². The van der Waals surface area contributed by atoms with Gasteiger partial charge in [0.25, 0.3) is 5.91 Å². The highest BCUT2D eigenvalue weighted by Crippen LogP contribution is 2.23. The second-order valence-electron chi connectivity index (χ2n) is 9.24. The Morgan fingerprint density at radius 1 is 1.15 bits per heavy atom. The highest BCUT2D eigenvalue weighted by molar-refractivity contribution is 5.92. The molecule has 7 heteroatoms. The van der Waals surface area contributed by atoms with E-state index in [1.807, 2.05) is 50.2 Å². The molecule has 2 N–H and O–H groups in total. The molecule has 0 unspecified atom stereocenters. The highest BCUT2D eigenvalue weighted by atomic mass is 16.6. The summed E-state index contributed by atoms with van der Waals surface area (Å²) < 4.78 is 5.55. The number of fused-ring (bicyclic) bond motifs is 1. The molecule has 2 aromatic rings. The number of rotatable bonds is 8. The normalized spacial score (nSPS) is 16.7. The van der Waals surface area contributed by atoms with Gasteiger partial charge < -0.3 is 15.0 Å². The Bertz CT molecular complexity index is 1010. The predicted octanol–water partition coefficient (Wildman–Crippen LogP) is 4.69. The van der Waals surface area contributed by atoms with Gasteiger partial charge in [-0.25, -0.2) is 4.79 Å². The Hall–Kier alpha value is -3.11. The first kappa shape index (κ1) is 24.5. The van der Waals surface area contributed by atoms with Gasteiger partial charge in [-0.05, 0) is 61.1 Å². The highest BCUT2D eigenvalue weighted by Gasteiger charge is 2.38. The van der Waals surface area contributed by atoms with E-state index < -0.39 is 23.6 Å². The van der Waals surface area contributed by atoms with Crippen molar-refractivity contribution in [2.24, 2.45) is 5.92 Å². The van der Waals surface area contributed by atoms with Crippen molar-refractivity contribution < 1.29 is 14.3 Å². The zero-order valence-electron chi connectivity index (χ0n) is 19.8. The Labute approximate surface area is 196 Å². The number of anilines is 1. The average Bonchev–Trinajstić information content (AvgIpc) is 2.80. The maximum absolute atomic E-state index is 13.1. The van der Waals surface area contributed by atoms with E-state index in [1.165, 1.54) is 0 Å². The molecule has 1 atom stereocenters. The lowest BCUT2D eigenvalue weighted by Crippen LogP contribution is -2.57. The van der Waals surface area contributed by atoms with E-state index in [-0.39, 0.29) is 5.92 Å². The van der Waals surface area contributed by atoms with Crippen LogP contribution in [0.25, 0.3) is 10.8 Å². The fraction of sp³-hybridized carbons (Fsp3) is 0.500. The first-order chi connectivity index (χ1) is 15.8. The summed E-state index contributed by atoms with van der Waals surface area (Å²) in [4.78, 5) is 28.0. The molecule has 176 valence electrons. The Morgan fingerprint density at radius 3 is 2.48 bits per heavy atom. The van der Waals surface area contributed by atoms with Crippen LogP contribution in [0.2, 0.25) is 0 Å². The lowest BCUT2D eigenvalue weighted by Gasteiger charge is -2.38. The van der Waals surface area contributed by atoms with Crippen molar-refractivity contribution in [2.75, 3.05) is 25.0 Å². The summed E-state index contributed by atoms with van der Waals surface area (Å²) in [7, 11) is 0. The number of nitrogens with one attached hydrogen (secondary N) is 2. The molecule has 0 aliphatic carbocycles. The van der Waals surface area contributed by atoms with Crippen LogP contribution < -0.4 is 10.6 Å². The van der Waals surface area contributed by atoms with E-state index in [9.17, 15) is 14.9 Å². The van der Waals surface area contributed by atoms with Gasteiger partial charge in [-0.1, -0.05) is 51.1 Å². The molecular weight excluding hydrogens is 416 g/mol. The van der Waals surface area contributed by atoms with Gasteiger partial charge in [0.05, 0.1) is 6.07 Å². The van der Waals surface area contributed by atoms with Crippen LogP contribution in [0.15, 0.2) is 42.5 Å². The van der Waals surface area contributed by atoms with Gasteiger partial charge in [0.2, 0.25) is 0 Å². The summed E-state index contributed by atoms with van der Waals surface area (Å²) in [6.07, 6.45) is 0.905. The largest absolute Gasteiger partial charge is 0.436 e. The molecule has 2 aromatic carbocycles. The SMILES string of the molecule is CCCN1CCC(C#N)(NC(=O)[C@H](CC(C)C)OC(=O)Nc2ccc3ccccc3c2)CC1. The molecule has 0 spiro atoms. The number of carbonyl (C=O) groups excluding carboxylic acids is 2. The van der Waals surface area contributed by atoms with Gasteiger partial charge in [0, 0.05) is 18.8 Å². The van der Waals surface area contributed by atoms with Gasteiger partial charge in [-0.2, -0.15) is 5.26 Å². The molecular formula is C26H34N4O3. The standard InChI is InChI=1S/C26H34N4O3/c1-4-13-30-14-11-26(18-27,12-15-30)29-24(31)23(16-19(2)3)33-25(32)28-22-10-9-20-7-5-6-8-21(20)17-22/h5-10,17,19,23H,4,11-16H2,1-3H3,(H,28,32)(H,29,31)/t23-/m0/s1. The maximum atomic E-state index is 13.1. The third-order valence-corrected chi connectivity index (χ3v) is 6.05. The molecule has 0 saturated carbocycles.